The predicted molar refractivity (Wildman–Crippen MR) is 92.7 cm³/mol. The third-order valence-corrected chi connectivity index (χ3v) is 3.77. The lowest BCUT2D eigenvalue weighted by Gasteiger charge is -2.09. The molecule has 2 aromatic rings. The number of halogens is 1. The number of hydrogen-bond acceptors (Lipinski definition) is 4. The third-order valence-electron chi connectivity index (χ3n) is 3.44. The van der Waals surface area contributed by atoms with Crippen LogP contribution in [0.1, 0.15) is 22.3 Å². The van der Waals surface area contributed by atoms with Crippen molar-refractivity contribution in [2.45, 2.75) is 12.8 Å². The summed E-state index contributed by atoms with van der Waals surface area (Å²) in [5, 5.41) is 3.08. The van der Waals surface area contributed by atoms with Gasteiger partial charge in [-0.1, -0.05) is 23.7 Å². The molecule has 1 N–H and O–H groups in total. The Morgan fingerprint density at radius 1 is 1.12 bits per heavy atom. The molecule has 0 heterocycles. The van der Waals surface area contributed by atoms with E-state index in [-0.39, 0.29) is 12.3 Å². The molecular formula is C18H18ClNO4. The molecule has 0 aliphatic rings. The van der Waals surface area contributed by atoms with Crippen LogP contribution >= 0.6 is 11.6 Å². The number of carbonyl (C=O) groups is 2. The molecule has 5 nitrogen and oxygen atoms in total. The van der Waals surface area contributed by atoms with E-state index in [0.717, 1.165) is 11.3 Å². The van der Waals surface area contributed by atoms with E-state index in [4.69, 9.17) is 16.3 Å². The van der Waals surface area contributed by atoms with E-state index < -0.39 is 5.97 Å². The lowest BCUT2D eigenvalue weighted by molar-refractivity contribution is -0.116. The summed E-state index contributed by atoms with van der Waals surface area (Å²) in [5.41, 5.74) is 1.71. The van der Waals surface area contributed by atoms with E-state index in [1.54, 1.807) is 19.2 Å². The Bertz CT molecular complexity index is 746. The van der Waals surface area contributed by atoms with Crippen molar-refractivity contribution in [3.8, 4) is 5.75 Å². The minimum atomic E-state index is -0.487. The summed E-state index contributed by atoms with van der Waals surface area (Å²) in [6.45, 7) is 0. The van der Waals surface area contributed by atoms with E-state index in [2.05, 4.69) is 10.1 Å². The summed E-state index contributed by atoms with van der Waals surface area (Å²) in [6.07, 6.45) is 0.850. The average Bonchev–Trinajstić information content (AvgIpc) is 2.61. The second-order valence-corrected chi connectivity index (χ2v) is 5.49. The highest BCUT2D eigenvalue weighted by Gasteiger charge is 2.11. The smallest absolute Gasteiger partial charge is 0.337 e. The molecule has 0 radical (unpaired) electrons. The molecule has 24 heavy (non-hydrogen) atoms. The number of methoxy groups -OCH3 is 2. The van der Waals surface area contributed by atoms with E-state index >= 15 is 0 Å². The molecule has 2 aromatic carbocycles. The Labute approximate surface area is 145 Å². The molecule has 6 heteroatoms. The van der Waals surface area contributed by atoms with Gasteiger partial charge in [-0.25, -0.2) is 4.79 Å². The van der Waals surface area contributed by atoms with E-state index in [1.807, 2.05) is 24.3 Å². The summed E-state index contributed by atoms with van der Waals surface area (Å²) in [6, 6.07) is 12.1. The molecule has 126 valence electrons. The summed E-state index contributed by atoms with van der Waals surface area (Å²) < 4.78 is 9.81. The van der Waals surface area contributed by atoms with Crippen LogP contribution in [0.15, 0.2) is 42.5 Å². The lowest BCUT2D eigenvalue weighted by atomic mass is 10.1. The van der Waals surface area contributed by atoms with Gasteiger partial charge in [0.05, 0.1) is 30.5 Å². The van der Waals surface area contributed by atoms with E-state index in [1.165, 1.54) is 13.2 Å². The van der Waals surface area contributed by atoms with Crippen LogP contribution in [0.3, 0.4) is 0 Å². The van der Waals surface area contributed by atoms with Gasteiger partial charge in [-0.15, -0.1) is 0 Å². The Balaban J connectivity index is 2.00. The molecule has 1 amide bonds. The topological polar surface area (TPSA) is 64.6 Å². The number of ether oxygens (including phenoxy) is 2. The maximum Gasteiger partial charge on any atom is 0.337 e. The fraction of sp³-hybridized carbons (Fsp3) is 0.222. The summed E-state index contributed by atoms with van der Waals surface area (Å²) in [7, 11) is 2.89. The van der Waals surface area contributed by atoms with Gasteiger partial charge in [0, 0.05) is 6.42 Å². The molecule has 0 saturated heterocycles. The number of carbonyl (C=O) groups excluding carboxylic acids is 2. The summed E-state index contributed by atoms with van der Waals surface area (Å²) >= 11 is 6.06. The number of rotatable bonds is 6. The van der Waals surface area contributed by atoms with E-state index in [0.29, 0.717) is 22.7 Å². The maximum absolute atomic E-state index is 12.1. The van der Waals surface area contributed by atoms with Gasteiger partial charge in [0.25, 0.3) is 0 Å². The second kappa shape index (κ2) is 8.36. The van der Waals surface area contributed by atoms with Gasteiger partial charge in [0.15, 0.2) is 0 Å². The van der Waals surface area contributed by atoms with Crippen molar-refractivity contribution in [3.63, 3.8) is 0 Å². The van der Waals surface area contributed by atoms with Gasteiger partial charge >= 0.3 is 5.97 Å². The SMILES string of the molecule is COC(=O)c1ccc(Cl)c(NC(=O)CCc2cccc(OC)c2)c1. The van der Waals surface area contributed by atoms with Crippen LogP contribution in [-0.2, 0) is 16.0 Å². The lowest BCUT2D eigenvalue weighted by Crippen LogP contribution is -2.13. The first-order valence-corrected chi connectivity index (χ1v) is 7.72. The first-order chi connectivity index (χ1) is 11.5. The summed E-state index contributed by atoms with van der Waals surface area (Å²) in [4.78, 5) is 23.7. The van der Waals surface area contributed by atoms with Crippen LogP contribution in [0.25, 0.3) is 0 Å². The normalized spacial score (nSPS) is 10.1. The van der Waals surface area contributed by atoms with Gasteiger partial charge in [0.1, 0.15) is 5.75 Å². The first-order valence-electron chi connectivity index (χ1n) is 7.34. The van der Waals surface area contributed by atoms with Crippen LogP contribution in [0.5, 0.6) is 5.75 Å². The Morgan fingerprint density at radius 3 is 2.62 bits per heavy atom. The molecule has 0 unspecified atom stereocenters. The zero-order chi connectivity index (χ0) is 17.5. The zero-order valence-corrected chi connectivity index (χ0v) is 14.2. The van der Waals surface area contributed by atoms with Gasteiger partial charge in [0.2, 0.25) is 5.91 Å². The highest BCUT2D eigenvalue weighted by molar-refractivity contribution is 6.33. The highest BCUT2D eigenvalue weighted by Crippen LogP contribution is 2.24. The largest absolute Gasteiger partial charge is 0.497 e. The molecule has 0 aromatic heterocycles. The molecule has 0 aliphatic heterocycles. The van der Waals surface area contributed by atoms with Gasteiger partial charge in [-0.2, -0.15) is 0 Å². The van der Waals surface area contributed by atoms with Gasteiger partial charge in [-0.05, 0) is 42.3 Å². The molecule has 2 rings (SSSR count). The van der Waals surface area contributed by atoms with Crippen molar-refractivity contribution in [2.24, 2.45) is 0 Å². The van der Waals surface area contributed by atoms with Crippen molar-refractivity contribution in [1.29, 1.82) is 0 Å². The van der Waals surface area contributed by atoms with E-state index in [9.17, 15) is 9.59 Å². The van der Waals surface area contributed by atoms with Crippen LogP contribution in [0, 0.1) is 0 Å². The standard InChI is InChI=1S/C18H18ClNO4/c1-23-14-5-3-4-12(10-14)6-9-17(21)20-16-11-13(18(22)24-2)7-8-15(16)19/h3-5,7-8,10-11H,6,9H2,1-2H3,(H,20,21). The van der Waals surface area contributed by atoms with Crippen molar-refractivity contribution in [1.82, 2.24) is 0 Å². The van der Waals surface area contributed by atoms with Crippen molar-refractivity contribution >= 4 is 29.2 Å². The van der Waals surface area contributed by atoms with Crippen molar-refractivity contribution in [2.75, 3.05) is 19.5 Å². The Hall–Kier alpha value is -2.53. The Morgan fingerprint density at radius 2 is 1.92 bits per heavy atom. The molecular weight excluding hydrogens is 330 g/mol. The average molecular weight is 348 g/mol. The van der Waals surface area contributed by atoms with Crippen LogP contribution in [-0.4, -0.2) is 26.1 Å². The van der Waals surface area contributed by atoms with Crippen molar-refractivity contribution in [3.05, 3.63) is 58.6 Å². The molecule has 0 aliphatic carbocycles. The van der Waals surface area contributed by atoms with Crippen LogP contribution in [0.2, 0.25) is 5.02 Å². The molecule has 0 atom stereocenters. The second-order valence-electron chi connectivity index (χ2n) is 5.09. The number of benzene rings is 2. The van der Waals surface area contributed by atoms with Gasteiger partial charge in [-0.3, -0.25) is 4.79 Å². The third kappa shape index (κ3) is 4.73. The molecule has 0 bridgehead atoms. The quantitative estimate of drug-likeness (QED) is 0.809. The number of amides is 1. The predicted octanol–water partition coefficient (Wildman–Crippen LogP) is 3.71. The summed E-state index contributed by atoms with van der Waals surface area (Å²) in [5.74, 6) is 0.0713. The number of hydrogen-bond donors (Lipinski definition) is 1. The maximum atomic E-state index is 12.1. The number of aryl methyl sites for hydroxylation is 1. The fourth-order valence-corrected chi connectivity index (χ4v) is 2.33. The highest BCUT2D eigenvalue weighted by atomic mass is 35.5. The molecule has 0 spiro atoms. The fourth-order valence-electron chi connectivity index (χ4n) is 2.16. The minimum Gasteiger partial charge on any atom is -0.497 e. The molecule has 0 fully saturated rings. The number of anilines is 1. The number of nitrogens with one attached hydrogen (secondary N) is 1. The first kappa shape index (κ1) is 17.8. The van der Waals surface area contributed by atoms with Crippen LogP contribution in [0.4, 0.5) is 5.69 Å². The number of esters is 1. The molecule has 0 saturated carbocycles. The minimum absolute atomic E-state index is 0.193. The monoisotopic (exact) mass is 347 g/mol. The van der Waals surface area contributed by atoms with Crippen molar-refractivity contribution < 1.29 is 19.1 Å². The van der Waals surface area contributed by atoms with Gasteiger partial charge < -0.3 is 14.8 Å². The van der Waals surface area contributed by atoms with Crippen LogP contribution < -0.4 is 10.1 Å². The zero-order valence-electron chi connectivity index (χ0n) is 13.5. The Kier molecular flexibility index (Phi) is 6.21.